The summed E-state index contributed by atoms with van der Waals surface area (Å²) in [5.74, 6) is -5.48. The van der Waals surface area contributed by atoms with Gasteiger partial charge in [0.2, 0.25) is 0 Å². The van der Waals surface area contributed by atoms with E-state index in [1.54, 1.807) is 0 Å². The molecular formula is C23H24ClF3N2O5S. The van der Waals surface area contributed by atoms with Crippen LogP contribution in [-0.4, -0.2) is 66.0 Å². The van der Waals surface area contributed by atoms with E-state index in [1.165, 1.54) is 12.1 Å². The molecule has 2 unspecified atom stereocenters. The maximum absolute atomic E-state index is 13.5. The van der Waals surface area contributed by atoms with E-state index in [4.69, 9.17) is 16.7 Å². The van der Waals surface area contributed by atoms with Gasteiger partial charge in [0.25, 0.3) is 5.91 Å². The minimum Gasteiger partial charge on any atom is -0.394 e. The molecule has 4 rings (SSSR count). The van der Waals surface area contributed by atoms with E-state index in [9.17, 15) is 31.5 Å². The van der Waals surface area contributed by atoms with Crippen LogP contribution in [0.4, 0.5) is 18.9 Å². The van der Waals surface area contributed by atoms with Gasteiger partial charge in [-0.3, -0.25) is 9.69 Å². The predicted octanol–water partition coefficient (Wildman–Crippen LogP) is 3.13. The van der Waals surface area contributed by atoms with Gasteiger partial charge in [-0.25, -0.2) is 21.6 Å². The lowest BCUT2D eigenvalue weighted by Gasteiger charge is -2.39. The maximum atomic E-state index is 13.5. The number of nitrogens with one attached hydrogen (secondary N) is 1. The Labute approximate surface area is 205 Å². The third kappa shape index (κ3) is 5.19. The Morgan fingerprint density at radius 3 is 2.29 bits per heavy atom. The van der Waals surface area contributed by atoms with Gasteiger partial charge in [0.05, 0.1) is 27.9 Å². The lowest BCUT2D eigenvalue weighted by molar-refractivity contribution is 0.0302. The highest BCUT2D eigenvalue weighted by molar-refractivity contribution is 7.92. The highest BCUT2D eigenvalue weighted by Crippen LogP contribution is 2.41. The van der Waals surface area contributed by atoms with Gasteiger partial charge < -0.3 is 15.5 Å². The van der Waals surface area contributed by atoms with Crippen molar-refractivity contribution in [2.75, 3.05) is 18.5 Å². The van der Waals surface area contributed by atoms with Crippen molar-refractivity contribution in [2.45, 2.75) is 54.0 Å². The molecule has 12 heteroatoms. The van der Waals surface area contributed by atoms with Crippen LogP contribution in [0.15, 0.2) is 35.2 Å². The van der Waals surface area contributed by atoms with Crippen LogP contribution in [0.3, 0.4) is 0 Å². The summed E-state index contributed by atoms with van der Waals surface area (Å²) in [5, 5.41) is 20.4. The largest absolute Gasteiger partial charge is 0.394 e. The number of hydrogen-bond donors (Lipinski definition) is 3. The van der Waals surface area contributed by atoms with Gasteiger partial charge in [-0.2, -0.15) is 0 Å². The number of sulfone groups is 1. The number of nitrogens with zero attached hydrogens (tertiary/aromatic N) is 1. The Bertz CT molecular complexity index is 1210. The highest BCUT2D eigenvalue weighted by atomic mass is 35.5. The molecule has 2 aromatic rings. The fourth-order valence-corrected chi connectivity index (χ4v) is 7.33. The quantitative estimate of drug-likeness (QED) is 0.473. The average molecular weight is 533 g/mol. The molecule has 7 nitrogen and oxygen atoms in total. The number of carbonyl (C=O) groups excluding carboxylic acids is 1. The van der Waals surface area contributed by atoms with Gasteiger partial charge in [0.1, 0.15) is 0 Å². The molecule has 2 aliphatic heterocycles. The summed E-state index contributed by atoms with van der Waals surface area (Å²) in [6.45, 7) is -0.112. The first-order chi connectivity index (χ1) is 16.5. The van der Waals surface area contributed by atoms with Gasteiger partial charge in [-0.05, 0) is 43.9 Å². The summed E-state index contributed by atoms with van der Waals surface area (Å²) in [6, 6.07) is 4.74. The summed E-state index contributed by atoms with van der Waals surface area (Å²) in [4.78, 5) is 14.5. The zero-order valence-corrected chi connectivity index (χ0v) is 20.0. The van der Waals surface area contributed by atoms with E-state index in [0.29, 0.717) is 25.0 Å². The molecule has 190 valence electrons. The normalized spacial score (nSPS) is 23.3. The second kappa shape index (κ2) is 10.1. The molecule has 35 heavy (non-hydrogen) atoms. The molecular weight excluding hydrogens is 509 g/mol. The van der Waals surface area contributed by atoms with Crippen molar-refractivity contribution < 1.29 is 36.6 Å². The predicted molar refractivity (Wildman–Crippen MR) is 123 cm³/mol. The molecule has 2 aromatic carbocycles. The monoisotopic (exact) mass is 532 g/mol. The highest BCUT2D eigenvalue weighted by Gasteiger charge is 2.46. The van der Waals surface area contributed by atoms with E-state index >= 15 is 0 Å². The van der Waals surface area contributed by atoms with Crippen molar-refractivity contribution in [3.63, 3.8) is 0 Å². The maximum Gasteiger partial charge on any atom is 0.255 e. The van der Waals surface area contributed by atoms with Crippen LogP contribution in [0.25, 0.3) is 0 Å². The van der Waals surface area contributed by atoms with Crippen molar-refractivity contribution >= 4 is 33.0 Å². The van der Waals surface area contributed by atoms with Gasteiger partial charge in [0.15, 0.2) is 27.3 Å². The van der Waals surface area contributed by atoms with Crippen LogP contribution in [0, 0.1) is 17.5 Å². The molecule has 0 aliphatic carbocycles. The molecule has 2 heterocycles. The molecule has 2 bridgehead atoms. The Hall–Kier alpha value is -2.18. The number of aliphatic hydroxyl groups excluding tert-OH is 2. The summed E-state index contributed by atoms with van der Waals surface area (Å²) in [7, 11) is -3.94. The SMILES string of the molecule is O=C(Nc1cc(F)c(F)c(F)c1)c1ccc(Cl)c(S(=O)(=O)C2CC3CC[C@@H](C2)N3C[C@H](O)CO)c1. The second-order valence-corrected chi connectivity index (χ2v) is 11.5. The molecule has 0 radical (unpaired) electrons. The number of carbonyl (C=O) groups is 1. The first-order valence-electron chi connectivity index (χ1n) is 11.0. The minimum atomic E-state index is -3.94. The Kier molecular flexibility index (Phi) is 7.44. The molecule has 2 aliphatic rings. The number of aliphatic hydroxyl groups is 2. The van der Waals surface area contributed by atoms with Crippen molar-refractivity contribution in [2.24, 2.45) is 0 Å². The Balaban J connectivity index is 1.55. The van der Waals surface area contributed by atoms with E-state index < -0.39 is 44.5 Å². The topological polar surface area (TPSA) is 107 Å². The molecule has 3 N–H and O–H groups in total. The van der Waals surface area contributed by atoms with Gasteiger partial charge in [-0.15, -0.1) is 0 Å². The molecule has 4 atom stereocenters. The zero-order valence-electron chi connectivity index (χ0n) is 18.4. The van der Waals surface area contributed by atoms with E-state index in [1.807, 2.05) is 4.90 Å². The van der Waals surface area contributed by atoms with Crippen molar-refractivity contribution in [1.29, 1.82) is 0 Å². The molecule has 0 spiro atoms. The van der Waals surface area contributed by atoms with Gasteiger partial charge in [-0.1, -0.05) is 11.6 Å². The zero-order chi connectivity index (χ0) is 25.5. The number of hydrogen-bond acceptors (Lipinski definition) is 6. The number of piperidine rings is 1. The summed E-state index contributed by atoms with van der Waals surface area (Å²) in [5.41, 5.74) is -0.440. The van der Waals surface area contributed by atoms with Crippen molar-refractivity contribution in [3.05, 3.63) is 58.4 Å². The molecule has 1 amide bonds. The number of amides is 1. The van der Waals surface area contributed by atoms with Crippen LogP contribution < -0.4 is 5.32 Å². The Morgan fingerprint density at radius 1 is 1.11 bits per heavy atom. The van der Waals surface area contributed by atoms with Gasteiger partial charge >= 0.3 is 0 Å². The fraction of sp³-hybridized carbons (Fsp3) is 0.435. The van der Waals surface area contributed by atoms with Crippen molar-refractivity contribution in [3.8, 4) is 0 Å². The lowest BCUT2D eigenvalue weighted by Crippen LogP contribution is -2.50. The number of anilines is 1. The summed E-state index contributed by atoms with van der Waals surface area (Å²) in [6.07, 6.45) is 1.28. The van der Waals surface area contributed by atoms with Crippen LogP contribution in [0.2, 0.25) is 5.02 Å². The number of fused-ring (bicyclic) bond motifs is 2. The molecule has 0 aromatic heterocycles. The summed E-state index contributed by atoms with van der Waals surface area (Å²) >= 11 is 6.21. The molecule has 2 fully saturated rings. The fourth-order valence-electron chi connectivity index (χ4n) is 4.95. The second-order valence-electron chi connectivity index (χ2n) is 8.91. The van der Waals surface area contributed by atoms with Gasteiger partial charge in [0, 0.05) is 42.0 Å². The lowest BCUT2D eigenvalue weighted by atomic mass is 10.0. The van der Waals surface area contributed by atoms with E-state index in [0.717, 1.165) is 18.9 Å². The summed E-state index contributed by atoms with van der Waals surface area (Å²) < 4.78 is 67.1. The molecule has 2 saturated heterocycles. The number of halogens is 4. The van der Waals surface area contributed by atoms with Crippen LogP contribution in [0.5, 0.6) is 0 Å². The standard InChI is InChI=1S/C23H24ClF3N2O5S/c24-18-4-1-12(23(32)28-13-6-19(25)22(27)20(26)7-13)5-21(18)35(33,34)17-8-14-2-3-15(9-17)29(14)10-16(31)11-30/h1,4-7,14-17,30-31H,2-3,8-11H2,(H,28,32)/t14-,15?,16-,17?/m0/s1. The van der Waals surface area contributed by atoms with Crippen LogP contribution >= 0.6 is 11.6 Å². The number of benzene rings is 2. The number of rotatable bonds is 7. The average Bonchev–Trinajstić information content (AvgIpc) is 3.03. The minimum absolute atomic E-state index is 0.0640. The van der Waals surface area contributed by atoms with Crippen LogP contribution in [-0.2, 0) is 9.84 Å². The molecule has 0 saturated carbocycles. The smallest absolute Gasteiger partial charge is 0.255 e. The first-order valence-corrected chi connectivity index (χ1v) is 13.0. The Morgan fingerprint density at radius 2 is 1.71 bits per heavy atom. The third-order valence-electron chi connectivity index (χ3n) is 6.65. The third-order valence-corrected chi connectivity index (χ3v) is 9.31. The van der Waals surface area contributed by atoms with E-state index in [2.05, 4.69) is 5.32 Å². The first kappa shape index (κ1) is 25.9. The van der Waals surface area contributed by atoms with Crippen molar-refractivity contribution in [1.82, 2.24) is 4.90 Å². The van der Waals surface area contributed by atoms with Crippen LogP contribution in [0.1, 0.15) is 36.0 Å². The van der Waals surface area contributed by atoms with E-state index in [-0.39, 0.29) is 46.4 Å².